The fourth-order valence-electron chi connectivity index (χ4n) is 2.05. The van der Waals surface area contributed by atoms with Crippen LogP contribution in [0, 0.1) is 0 Å². The number of carbonyl (C=O) groups excluding carboxylic acids is 1. The largest absolute Gasteiger partial charge is 0.394 e. The van der Waals surface area contributed by atoms with Gasteiger partial charge in [-0.1, -0.05) is 0 Å². The van der Waals surface area contributed by atoms with Gasteiger partial charge in [-0.15, -0.1) is 0 Å². The molecule has 0 aliphatic carbocycles. The maximum atomic E-state index is 12.0. The Morgan fingerprint density at radius 2 is 2.19 bits per heavy atom. The molecule has 1 atom stereocenters. The van der Waals surface area contributed by atoms with E-state index in [2.05, 4.69) is 13.8 Å². The van der Waals surface area contributed by atoms with Gasteiger partial charge in [0.1, 0.15) is 6.04 Å². The van der Waals surface area contributed by atoms with E-state index in [1.54, 1.807) is 12.0 Å². The predicted molar refractivity (Wildman–Crippen MR) is 61.2 cm³/mol. The van der Waals surface area contributed by atoms with E-state index in [1.807, 2.05) is 11.9 Å². The minimum atomic E-state index is -0.430. The van der Waals surface area contributed by atoms with E-state index < -0.39 is 6.04 Å². The summed E-state index contributed by atoms with van der Waals surface area (Å²) in [6, 6.07) is -0.430. The number of aliphatic hydroxyl groups excluding tert-OH is 1. The molecule has 1 unspecified atom stereocenters. The molecule has 1 aliphatic rings. The molecule has 16 heavy (non-hydrogen) atoms. The molecule has 5 heteroatoms. The van der Waals surface area contributed by atoms with Gasteiger partial charge in [-0.3, -0.25) is 9.69 Å². The van der Waals surface area contributed by atoms with Gasteiger partial charge in [0.2, 0.25) is 5.91 Å². The smallest absolute Gasteiger partial charge is 0.242 e. The second kappa shape index (κ2) is 5.12. The standard InChI is InChI=1S/C11H22N2O3/c1-11(2)8-13(5-6-16-4)10(15)9(7-14)12(11)3/h9,14H,5-8H2,1-4H3. The van der Waals surface area contributed by atoms with Crippen LogP contribution in [0.5, 0.6) is 0 Å². The van der Waals surface area contributed by atoms with Crippen molar-refractivity contribution in [1.82, 2.24) is 9.80 Å². The maximum Gasteiger partial charge on any atom is 0.242 e. The van der Waals surface area contributed by atoms with Gasteiger partial charge in [-0.05, 0) is 20.9 Å². The number of methoxy groups -OCH3 is 1. The van der Waals surface area contributed by atoms with Gasteiger partial charge in [0.25, 0.3) is 0 Å². The van der Waals surface area contributed by atoms with Crippen molar-refractivity contribution in [1.29, 1.82) is 0 Å². The van der Waals surface area contributed by atoms with Crippen LogP contribution in [0.3, 0.4) is 0 Å². The molecular formula is C11H22N2O3. The van der Waals surface area contributed by atoms with Gasteiger partial charge in [-0.2, -0.15) is 0 Å². The van der Waals surface area contributed by atoms with E-state index >= 15 is 0 Å². The molecule has 0 aromatic rings. The highest BCUT2D eigenvalue weighted by Crippen LogP contribution is 2.23. The lowest BCUT2D eigenvalue weighted by Gasteiger charge is -2.48. The van der Waals surface area contributed by atoms with Crippen LogP contribution in [0.15, 0.2) is 0 Å². The zero-order chi connectivity index (χ0) is 12.3. The Morgan fingerprint density at radius 3 is 2.69 bits per heavy atom. The Bertz CT molecular complexity index is 256. The van der Waals surface area contributed by atoms with Crippen LogP contribution in [0.1, 0.15) is 13.8 Å². The van der Waals surface area contributed by atoms with E-state index in [9.17, 15) is 9.90 Å². The monoisotopic (exact) mass is 230 g/mol. The third-order valence-corrected chi connectivity index (χ3v) is 3.34. The number of rotatable bonds is 4. The van der Waals surface area contributed by atoms with Crippen molar-refractivity contribution in [2.75, 3.05) is 40.5 Å². The first-order chi connectivity index (χ1) is 7.44. The van der Waals surface area contributed by atoms with Crippen LogP contribution in [-0.2, 0) is 9.53 Å². The molecule has 1 fully saturated rings. The minimum Gasteiger partial charge on any atom is -0.394 e. The number of hydrogen-bond donors (Lipinski definition) is 1. The zero-order valence-corrected chi connectivity index (χ0v) is 10.6. The summed E-state index contributed by atoms with van der Waals surface area (Å²) in [5, 5.41) is 9.29. The quantitative estimate of drug-likeness (QED) is 0.710. The maximum absolute atomic E-state index is 12.0. The lowest BCUT2D eigenvalue weighted by atomic mass is 9.95. The number of likely N-dealkylation sites (N-methyl/N-ethyl adjacent to an activating group) is 1. The Hall–Kier alpha value is -0.650. The summed E-state index contributed by atoms with van der Waals surface area (Å²) in [4.78, 5) is 15.7. The second-order valence-electron chi connectivity index (χ2n) is 4.87. The van der Waals surface area contributed by atoms with E-state index in [-0.39, 0.29) is 18.1 Å². The molecular weight excluding hydrogens is 208 g/mol. The molecule has 1 saturated heterocycles. The van der Waals surface area contributed by atoms with Gasteiger partial charge in [0, 0.05) is 25.7 Å². The van der Waals surface area contributed by atoms with Crippen molar-refractivity contribution >= 4 is 5.91 Å². The van der Waals surface area contributed by atoms with Crippen molar-refractivity contribution in [3.63, 3.8) is 0 Å². The average molecular weight is 230 g/mol. The molecule has 1 rings (SSSR count). The van der Waals surface area contributed by atoms with Gasteiger partial charge in [0.05, 0.1) is 13.2 Å². The van der Waals surface area contributed by atoms with Crippen molar-refractivity contribution in [2.24, 2.45) is 0 Å². The normalized spacial score (nSPS) is 26.2. The molecule has 1 heterocycles. The molecule has 94 valence electrons. The van der Waals surface area contributed by atoms with Gasteiger partial charge >= 0.3 is 0 Å². The summed E-state index contributed by atoms with van der Waals surface area (Å²) in [6.45, 7) is 5.79. The summed E-state index contributed by atoms with van der Waals surface area (Å²) in [5.74, 6) is -0.0126. The number of hydrogen-bond acceptors (Lipinski definition) is 4. The van der Waals surface area contributed by atoms with Crippen LogP contribution in [0.25, 0.3) is 0 Å². The zero-order valence-electron chi connectivity index (χ0n) is 10.6. The molecule has 1 aliphatic heterocycles. The Morgan fingerprint density at radius 1 is 1.56 bits per heavy atom. The first kappa shape index (κ1) is 13.4. The van der Waals surface area contributed by atoms with Crippen LogP contribution in [0.2, 0.25) is 0 Å². The van der Waals surface area contributed by atoms with E-state index in [0.717, 1.165) is 0 Å². The molecule has 0 saturated carbocycles. The summed E-state index contributed by atoms with van der Waals surface area (Å²) in [7, 11) is 3.50. The molecule has 0 spiro atoms. The Kier molecular flexibility index (Phi) is 4.29. The van der Waals surface area contributed by atoms with Crippen molar-refractivity contribution in [3.05, 3.63) is 0 Å². The van der Waals surface area contributed by atoms with Crippen LogP contribution < -0.4 is 0 Å². The summed E-state index contributed by atoms with van der Waals surface area (Å²) >= 11 is 0. The highest BCUT2D eigenvalue weighted by molar-refractivity contribution is 5.83. The highest BCUT2D eigenvalue weighted by atomic mass is 16.5. The van der Waals surface area contributed by atoms with E-state index in [1.165, 1.54) is 0 Å². The van der Waals surface area contributed by atoms with Gasteiger partial charge in [-0.25, -0.2) is 0 Å². The average Bonchev–Trinajstić information content (AvgIpc) is 2.23. The van der Waals surface area contributed by atoms with E-state index in [4.69, 9.17) is 4.74 Å². The second-order valence-corrected chi connectivity index (χ2v) is 4.87. The molecule has 0 aromatic carbocycles. The molecule has 0 radical (unpaired) electrons. The Labute approximate surface area is 97.0 Å². The summed E-state index contributed by atoms with van der Waals surface area (Å²) in [6.07, 6.45) is 0. The van der Waals surface area contributed by atoms with Crippen LogP contribution in [0.4, 0.5) is 0 Å². The summed E-state index contributed by atoms with van der Waals surface area (Å²) in [5.41, 5.74) is -0.116. The third-order valence-electron chi connectivity index (χ3n) is 3.34. The van der Waals surface area contributed by atoms with Gasteiger partial charge < -0.3 is 14.7 Å². The summed E-state index contributed by atoms with van der Waals surface area (Å²) < 4.78 is 4.99. The van der Waals surface area contributed by atoms with E-state index in [0.29, 0.717) is 19.7 Å². The fourth-order valence-corrected chi connectivity index (χ4v) is 2.05. The number of ether oxygens (including phenoxy) is 1. The lowest BCUT2D eigenvalue weighted by molar-refractivity contribution is -0.151. The SMILES string of the molecule is COCCN1CC(C)(C)N(C)C(CO)C1=O. The third kappa shape index (κ3) is 2.53. The number of piperazine rings is 1. The molecule has 1 amide bonds. The number of aliphatic hydroxyl groups is 1. The fraction of sp³-hybridized carbons (Fsp3) is 0.909. The molecule has 0 bridgehead atoms. The number of amides is 1. The molecule has 1 N–H and O–H groups in total. The number of carbonyl (C=O) groups is 1. The van der Waals surface area contributed by atoms with Crippen molar-refractivity contribution in [2.45, 2.75) is 25.4 Å². The predicted octanol–water partition coefficient (Wildman–Crippen LogP) is -0.454. The van der Waals surface area contributed by atoms with Crippen LogP contribution in [-0.4, -0.2) is 72.9 Å². The first-order valence-electron chi connectivity index (χ1n) is 5.55. The van der Waals surface area contributed by atoms with Gasteiger partial charge in [0.15, 0.2) is 0 Å². The van der Waals surface area contributed by atoms with Crippen molar-refractivity contribution in [3.8, 4) is 0 Å². The minimum absolute atomic E-state index is 0.0126. The first-order valence-corrected chi connectivity index (χ1v) is 5.55. The Balaban J connectivity index is 2.77. The molecule has 5 nitrogen and oxygen atoms in total. The van der Waals surface area contributed by atoms with Crippen LogP contribution >= 0.6 is 0 Å². The van der Waals surface area contributed by atoms with Crippen molar-refractivity contribution < 1.29 is 14.6 Å². The topological polar surface area (TPSA) is 53.0 Å². The molecule has 0 aromatic heterocycles. The number of nitrogens with zero attached hydrogens (tertiary/aromatic N) is 2. The highest BCUT2D eigenvalue weighted by Gasteiger charge is 2.42. The lowest BCUT2D eigenvalue weighted by Crippen LogP contribution is -2.66.